The number of nitrogens with one attached hydrogen (secondary N) is 1. The SMILES string of the molecule is O=C1[C@H]2[C@H](CC=C3[C@H](C4=COc5ccc(O)cc5C4)[C@]4(c5ccc(Cl)cc5)C(=O)N(Nc5ncc(C(F)(F)F)cc5Cl)C(=O)[C@@H]4C[C@H]32)C(=O)N1O. The second kappa shape index (κ2) is 11.6. The molecule has 0 unspecified atom stereocenters. The number of nitrogens with zero attached hydrogens (tertiary/aromatic N) is 3. The van der Waals surface area contributed by atoms with Crippen LogP contribution in [0.2, 0.25) is 10.0 Å². The van der Waals surface area contributed by atoms with Crippen molar-refractivity contribution in [3.8, 4) is 11.5 Å². The number of hydrazine groups is 1. The van der Waals surface area contributed by atoms with Gasteiger partial charge in [0.1, 0.15) is 11.5 Å². The van der Waals surface area contributed by atoms with Gasteiger partial charge in [0.25, 0.3) is 23.6 Å². The Morgan fingerprint density at radius 2 is 1.73 bits per heavy atom. The molecule has 5 aliphatic rings. The smallest absolute Gasteiger partial charge is 0.417 e. The largest absolute Gasteiger partial charge is 0.508 e. The quantitative estimate of drug-likeness (QED) is 0.170. The minimum absolute atomic E-state index is 0.0355. The number of benzene rings is 2. The molecule has 262 valence electrons. The van der Waals surface area contributed by atoms with Crippen LogP contribution < -0.4 is 10.2 Å². The molecule has 0 radical (unpaired) electrons. The molecule has 3 aromatic rings. The third-order valence-electron chi connectivity index (χ3n) is 10.7. The third-order valence-corrected chi connectivity index (χ3v) is 11.2. The summed E-state index contributed by atoms with van der Waals surface area (Å²) < 4.78 is 46.2. The van der Waals surface area contributed by atoms with Crippen LogP contribution in [0.3, 0.4) is 0 Å². The third kappa shape index (κ3) is 4.87. The monoisotopic (exact) mass is 740 g/mol. The zero-order chi connectivity index (χ0) is 36.1. The average Bonchev–Trinajstić information content (AvgIpc) is 3.45. The molecular weight excluding hydrogens is 716 g/mol. The highest BCUT2D eigenvalue weighted by molar-refractivity contribution is 6.33. The van der Waals surface area contributed by atoms with Crippen LogP contribution in [0.5, 0.6) is 11.5 Å². The Morgan fingerprint density at radius 3 is 2.43 bits per heavy atom. The van der Waals surface area contributed by atoms with Gasteiger partial charge in [0.05, 0.1) is 40.0 Å². The molecule has 2 aliphatic carbocycles. The number of hydroxylamine groups is 2. The van der Waals surface area contributed by atoms with Crippen molar-refractivity contribution in [2.75, 3.05) is 5.43 Å². The summed E-state index contributed by atoms with van der Waals surface area (Å²) in [7, 11) is 0. The maximum Gasteiger partial charge on any atom is 0.417 e. The van der Waals surface area contributed by atoms with Gasteiger partial charge in [0, 0.05) is 29.1 Å². The van der Waals surface area contributed by atoms with E-state index < -0.39 is 75.4 Å². The van der Waals surface area contributed by atoms with E-state index in [0.717, 1.165) is 0 Å². The van der Waals surface area contributed by atoms with Crippen molar-refractivity contribution in [2.24, 2.45) is 29.6 Å². The van der Waals surface area contributed by atoms with Crippen LogP contribution in [0.1, 0.15) is 29.5 Å². The number of hydrogen-bond acceptors (Lipinski definition) is 9. The highest BCUT2D eigenvalue weighted by Gasteiger charge is 2.71. The van der Waals surface area contributed by atoms with Gasteiger partial charge in [0.2, 0.25) is 0 Å². The fourth-order valence-corrected chi connectivity index (χ4v) is 8.92. The number of anilines is 1. The van der Waals surface area contributed by atoms with Gasteiger partial charge in [-0.05, 0) is 66.3 Å². The number of halogens is 5. The van der Waals surface area contributed by atoms with Crippen molar-refractivity contribution in [2.45, 2.75) is 30.9 Å². The van der Waals surface area contributed by atoms with Crippen LogP contribution in [0.15, 0.2) is 78.2 Å². The maximum absolute atomic E-state index is 15.2. The summed E-state index contributed by atoms with van der Waals surface area (Å²) in [6.07, 6.45) is -0.895. The molecule has 3 N–H and O–H groups in total. The Hall–Kier alpha value is -4.92. The lowest BCUT2D eigenvalue weighted by Crippen LogP contribution is -2.55. The topological polar surface area (TPSA) is 149 Å². The molecule has 0 spiro atoms. The van der Waals surface area contributed by atoms with Crippen LogP contribution in [0.4, 0.5) is 19.0 Å². The summed E-state index contributed by atoms with van der Waals surface area (Å²) in [5.41, 5.74) is 1.71. The molecular formula is C35H25Cl2F3N4O7. The number of phenols is 1. The van der Waals surface area contributed by atoms with Gasteiger partial charge in [-0.2, -0.15) is 23.2 Å². The molecule has 8 rings (SSSR count). The van der Waals surface area contributed by atoms with E-state index in [-0.39, 0.29) is 35.9 Å². The number of amides is 4. The normalized spacial score (nSPS) is 28.4. The number of carbonyl (C=O) groups excluding carboxylic acids is 4. The van der Waals surface area contributed by atoms with E-state index in [1.807, 2.05) is 0 Å². The number of alkyl halides is 3. The molecule has 1 aromatic heterocycles. The second-order valence-corrected chi connectivity index (χ2v) is 14.0. The lowest BCUT2D eigenvalue weighted by Gasteiger charge is -2.51. The van der Waals surface area contributed by atoms with Gasteiger partial charge >= 0.3 is 6.18 Å². The number of aromatic hydroxyl groups is 1. The van der Waals surface area contributed by atoms with E-state index in [4.69, 9.17) is 27.9 Å². The van der Waals surface area contributed by atoms with Crippen LogP contribution >= 0.6 is 23.2 Å². The molecule has 11 nitrogen and oxygen atoms in total. The summed E-state index contributed by atoms with van der Waals surface area (Å²) in [6, 6.07) is 11.5. The van der Waals surface area contributed by atoms with Gasteiger partial charge in [-0.25, -0.2) is 4.98 Å². The number of hydrogen-bond donors (Lipinski definition) is 3. The van der Waals surface area contributed by atoms with Crippen LogP contribution in [0.25, 0.3) is 0 Å². The lowest BCUT2D eigenvalue weighted by molar-refractivity contribution is -0.173. The van der Waals surface area contributed by atoms with E-state index in [2.05, 4.69) is 10.4 Å². The molecule has 4 amide bonds. The number of pyridine rings is 1. The molecule has 0 bridgehead atoms. The molecule has 16 heteroatoms. The fourth-order valence-electron chi connectivity index (χ4n) is 8.58. The Morgan fingerprint density at radius 1 is 0.980 bits per heavy atom. The highest BCUT2D eigenvalue weighted by atomic mass is 35.5. The summed E-state index contributed by atoms with van der Waals surface area (Å²) >= 11 is 12.5. The highest BCUT2D eigenvalue weighted by Crippen LogP contribution is 2.63. The standard InChI is InChI=1S/C35H25Cl2F3N4O7/c36-19-3-1-17(2-4-19)34-24(31(47)43(33(34)49)42-29-25(37)11-18(13-41-29)35(38,39)40)12-23-21(6-7-22-27(23)32(48)44(50)30(22)46)28(34)16-9-15-10-20(45)5-8-26(15)51-14-16/h1-6,8,10-11,13-14,22-24,27-28,45,50H,7,9,12H2,(H,41,42)/t22-,23+,24-,27-,28-,34+/m0/s1. The number of phenolic OH excluding ortho intramolecular Hbond substituents is 1. The van der Waals surface area contributed by atoms with Crippen molar-refractivity contribution in [1.82, 2.24) is 15.1 Å². The zero-order valence-electron chi connectivity index (χ0n) is 26.0. The van der Waals surface area contributed by atoms with Crippen molar-refractivity contribution >= 4 is 52.6 Å². The van der Waals surface area contributed by atoms with Gasteiger partial charge in [-0.3, -0.25) is 29.8 Å². The van der Waals surface area contributed by atoms with E-state index in [1.54, 1.807) is 36.4 Å². The van der Waals surface area contributed by atoms with E-state index in [9.17, 15) is 37.9 Å². The maximum atomic E-state index is 15.2. The zero-order valence-corrected chi connectivity index (χ0v) is 27.5. The number of carbonyl (C=O) groups is 4. The van der Waals surface area contributed by atoms with Crippen LogP contribution in [0, 0.1) is 29.6 Å². The minimum Gasteiger partial charge on any atom is -0.508 e. The number of aromatic nitrogens is 1. The van der Waals surface area contributed by atoms with Crippen molar-refractivity contribution < 1.29 is 47.4 Å². The van der Waals surface area contributed by atoms with Crippen LogP contribution in [-0.4, -0.2) is 49.0 Å². The first kappa shape index (κ1) is 33.2. The predicted octanol–water partition coefficient (Wildman–Crippen LogP) is 5.84. The Kier molecular flexibility index (Phi) is 7.53. The molecule has 1 saturated carbocycles. The fraction of sp³-hybridized carbons (Fsp3) is 0.286. The van der Waals surface area contributed by atoms with Crippen molar-refractivity contribution in [3.63, 3.8) is 0 Å². The number of imide groups is 2. The molecule has 51 heavy (non-hydrogen) atoms. The molecule has 4 heterocycles. The summed E-state index contributed by atoms with van der Waals surface area (Å²) in [5, 5.41) is 21.3. The Balaban J connectivity index is 1.32. The van der Waals surface area contributed by atoms with Crippen molar-refractivity contribution in [3.05, 3.63) is 105 Å². The van der Waals surface area contributed by atoms with Crippen LogP contribution in [-0.2, 0) is 37.2 Å². The first-order chi connectivity index (χ1) is 24.2. The average molecular weight is 742 g/mol. The minimum atomic E-state index is -4.76. The summed E-state index contributed by atoms with van der Waals surface area (Å²) in [4.78, 5) is 60.0. The number of fused-ring (bicyclic) bond motifs is 5. The molecule has 3 aliphatic heterocycles. The summed E-state index contributed by atoms with van der Waals surface area (Å²) in [6.45, 7) is 0. The number of rotatable bonds is 4. The van der Waals surface area contributed by atoms with Crippen molar-refractivity contribution in [1.29, 1.82) is 0 Å². The first-order valence-electron chi connectivity index (χ1n) is 15.8. The van der Waals surface area contributed by atoms with E-state index in [0.29, 0.717) is 50.3 Å². The molecule has 2 aromatic carbocycles. The van der Waals surface area contributed by atoms with Gasteiger partial charge in [-0.15, -0.1) is 0 Å². The predicted molar refractivity (Wildman–Crippen MR) is 172 cm³/mol. The van der Waals surface area contributed by atoms with E-state index in [1.165, 1.54) is 18.4 Å². The Bertz CT molecular complexity index is 2120. The number of allylic oxidation sites excluding steroid dienone is 3. The first-order valence-corrected chi connectivity index (χ1v) is 16.5. The summed E-state index contributed by atoms with van der Waals surface area (Å²) in [5.74, 6) is -8.07. The van der Waals surface area contributed by atoms with Gasteiger partial charge < -0.3 is 9.84 Å². The van der Waals surface area contributed by atoms with Gasteiger partial charge in [-0.1, -0.05) is 47.0 Å². The molecule has 3 fully saturated rings. The number of ether oxygens (including phenoxy) is 1. The Labute approximate surface area is 296 Å². The molecule has 2 saturated heterocycles. The second-order valence-electron chi connectivity index (χ2n) is 13.2. The lowest BCUT2D eigenvalue weighted by atomic mass is 9.48. The van der Waals surface area contributed by atoms with E-state index >= 15 is 4.79 Å². The molecule has 6 atom stereocenters. The van der Waals surface area contributed by atoms with Gasteiger partial charge in [0.15, 0.2) is 5.82 Å².